The molecule has 0 unspecified atom stereocenters. The van der Waals surface area contributed by atoms with Crippen molar-refractivity contribution < 1.29 is 27.9 Å². The van der Waals surface area contributed by atoms with Gasteiger partial charge in [0.05, 0.1) is 6.10 Å². The number of carbonyl (C=O) groups is 3. The van der Waals surface area contributed by atoms with Crippen molar-refractivity contribution in [3.63, 3.8) is 0 Å². The van der Waals surface area contributed by atoms with Gasteiger partial charge >= 0.3 is 0 Å². The number of nitrogens with zero attached hydrogens (tertiary/aromatic N) is 1. The molecule has 3 amide bonds. The van der Waals surface area contributed by atoms with E-state index in [0.29, 0.717) is 36.8 Å². The van der Waals surface area contributed by atoms with Gasteiger partial charge in [-0.15, -0.1) is 0 Å². The van der Waals surface area contributed by atoms with E-state index in [1.165, 1.54) is 19.3 Å². The molecule has 6 fully saturated rings. The molecule has 1 aromatic rings. The Balaban J connectivity index is 0.000000184. The second-order valence-corrected chi connectivity index (χ2v) is 12.2. The zero-order valence-corrected chi connectivity index (χ0v) is 21.8. The molecule has 206 valence electrons. The van der Waals surface area contributed by atoms with Crippen molar-refractivity contribution in [3.05, 3.63) is 29.3 Å². The maximum absolute atomic E-state index is 12.9. The van der Waals surface area contributed by atoms with E-state index in [1.807, 2.05) is 18.2 Å². The van der Waals surface area contributed by atoms with Crippen molar-refractivity contribution in [1.29, 1.82) is 0 Å². The lowest BCUT2D eigenvalue weighted by Gasteiger charge is -2.53. The van der Waals surface area contributed by atoms with Crippen LogP contribution in [0.5, 0.6) is 5.75 Å². The van der Waals surface area contributed by atoms with E-state index in [-0.39, 0.29) is 42.6 Å². The first-order chi connectivity index (χ1) is 18.2. The number of amides is 3. The Morgan fingerprint density at radius 1 is 0.921 bits per heavy atom. The van der Waals surface area contributed by atoms with E-state index in [9.17, 15) is 23.2 Å². The van der Waals surface area contributed by atoms with Crippen LogP contribution < -0.4 is 15.4 Å². The topological polar surface area (TPSA) is 87.7 Å². The molecular formula is C29H37F2N3O4. The molecule has 7 nitrogen and oxygen atoms in total. The minimum Gasteiger partial charge on any atom is -0.490 e. The number of halogens is 2. The van der Waals surface area contributed by atoms with Gasteiger partial charge in [0.2, 0.25) is 11.8 Å². The summed E-state index contributed by atoms with van der Waals surface area (Å²) in [4.78, 5) is 38.6. The van der Waals surface area contributed by atoms with Gasteiger partial charge in [0, 0.05) is 30.9 Å². The Kier molecular flexibility index (Phi) is 6.69. The van der Waals surface area contributed by atoms with E-state index < -0.39 is 11.5 Å². The van der Waals surface area contributed by atoms with Crippen LogP contribution in [0.15, 0.2) is 18.2 Å². The third kappa shape index (κ3) is 4.71. The molecule has 3 saturated heterocycles. The minimum absolute atomic E-state index is 0.118. The van der Waals surface area contributed by atoms with Gasteiger partial charge in [-0.3, -0.25) is 19.7 Å². The molecule has 0 atom stereocenters. The number of benzene rings is 1. The van der Waals surface area contributed by atoms with Crippen LogP contribution in [0.25, 0.3) is 0 Å². The summed E-state index contributed by atoms with van der Waals surface area (Å²) in [7, 11) is 0. The molecule has 38 heavy (non-hydrogen) atoms. The van der Waals surface area contributed by atoms with Crippen LogP contribution in [0.3, 0.4) is 0 Å². The van der Waals surface area contributed by atoms with Crippen molar-refractivity contribution in [1.82, 2.24) is 15.5 Å². The number of fused-ring (bicyclic) bond motifs is 3. The molecule has 8 rings (SSSR count). The maximum atomic E-state index is 12.9. The predicted octanol–water partition coefficient (Wildman–Crippen LogP) is 4.19. The average Bonchev–Trinajstić information content (AvgIpc) is 3.15. The first kappa shape index (κ1) is 25.7. The van der Waals surface area contributed by atoms with Gasteiger partial charge < -0.3 is 15.0 Å². The van der Waals surface area contributed by atoms with Gasteiger partial charge in [0.25, 0.3) is 11.8 Å². The van der Waals surface area contributed by atoms with Crippen LogP contribution in [-0.4, -0.2) is 53.3 Å². The van der Waals surface area contributed by atoms with Crippen molar-refractivity contribution >= 4 is 17.7 Å². The fourth-order valence-corrected chi connectivity index (χ4v) is 7.07. The summed E-state index contributed by atoms with van der Waals surface area (Å²) in [6.45, 7) is 2.51. The molecule has 2 N–H and O–H groups in total. The smallest absolute Gasteiger partial charge is 0.255 e. The number of rotatable bonds is 4. The third-order valence-corrected chi connectivity index (χ3v) is 9.69. The lowest BCUT2D eigenvalue weighted by Crippen LogP contribution is -2.73. The zero-order chi connectivity index (χ0) is 26.5. The van der Waals surface area contributed by atoms with Gasteiger partial charge in [0.15, 0.2) is 0 Å². The largest absolute Gasteiger partial charge is 0.490 e. The van der Waals surface area contributed by atoms with Gasteiger partial charge in [0.1, 0.15) is 11.3 Å². The number of hydrogen-bond donors (Lipinski definition) is 2. The normalized spacial score (nSPS) is 30.9. The Labute approximate surface area is 222 Å². The second kappa shape index (κ2) is 9.88. The molecule has 3 saturated carbocycles. The molecule has 4 aliphatic heterocycles. The van der Waals surface area contributed by atoms with E-state index in [2.05, 4.69) is 10.6 Å². The Hall–Kier alpha value is -2.55. The molecule has 4 heterocycles. The number of piperidine rings is 2. The second-order valence-electron chi connectivity index (χ2n) is 12.2. The van der Waals surface area contributed by atoms with Crippen molar-refractivity contribution in [3.8, 4) is 5.75 Å². The van der Waals surface area contributed by atoms with Crippen LogP contribution in [-0.2, 0) is 16.1 Å². The summed E-state index contributed by atoms with van der Waals surface area (Å²) in [6.07, 6.45) is 8.73. The first-order valence-corrected chi connectivity index (χ1v) is 14.3. The molecule has 0 aromatic heterocycles. The van der Waals surface area contributed by atoms with E-state index in [0.717, 1.165) is 50.1 Å². The van der Waals surface area contributed by atoms with E-state index >= 15 is 0 Å². The fraction of sp³-hybridized carbons (Fsp3) is 0.690. The van der Waals surface area contributed by atoms with Crippen LogP contribution in [0.1, 0.15) is 86.6 Å². The van der Waals surface area contributed by atoms with E-state index in [4.69, 9.17) is 4.74 Å². The van der Waals surface area contributed by atoms with Gasteiger partial charge in [-0.25, -0.2) is 8.78 Å². The fourth-order valence-electron chi connectivity index (χ4n) is 7.07. The third-order valence-electron chi connectivity index (χ3n) is 9.69. The van der Waals surface area contributed by atoms with E-state index in [1.54, 1.807) is 4.90 Å². The maximum Gasteiger partial charge on any atom is 0.255 e. The van der Waals surface area contributed by atoms with Crippen molar-refractivity contribution in [2.24, 2.45) is 17.8 Å². The summed E-state index contributed by atoms with van der Waals surface area (Å²) in [6, 6.07) is 5.62. The van der Waals surface area contributed by atoms with Crippen LogP contribution in [0.4, 0.5) is 8.78 Å². The SMILES string of the molecule is FC1(F)CCC(C2CNC2)CC1.O=C1NC(=O)C2(N3Cc4cc(OC5CCCCC5)ccc4C3=O)CC1C2. The van der Waals surface area contributed by atoms with Crippen LogP contribution in [0, 0.1) is 17.8 Å². The monoisotopic (exact) mass is 529 g/mol. The molecule has 3 aliphatic carbocycles. The molecule has 1 aromatic carbocycles. The summed E-state index contributed by atoms with van der Waals surface area (Å²) in [5.74, 6) is -1.08. The first-order valence-electron chi connectivity index (χ1n) is 14.3. The Morgan fingerprint density at radius 3 is 2.26 bits per heavy atom. The Bertz CT molecular complexity index is 1100. The van der Waals surface area contributed by atoms with Crippen LogP contribution in [0.2, 0.25) is 0 Å². The summed E-state index contributed by atoms with van der Waals surface area (Å²) in [5.41, 5.74) is 0.702. The van der Waals surface area contributed by atoms with Crippen molar-refractivity contribution in [2.45, 2.75) is 94.7 Å². The van der Waals surface area contributed by atoms with Crippen LogP contribution >= 0.6 is 0 Å². The highest BCUT2D eigenvalue weighted by Crippen LogP contribution is 2.49. The highest BCUT2D eigenvalue weighted by molar-refractivity contribution is 6.10. The highest BCUT2D eigenvalue weighted by atomic mass is 19.3. The highest BCUT2D eigenvalue weighted by Gasteiger charge is 2.63. The number of imide groups is 1. The number of alkyl halides is 2. The lowest BCUT2D eigenvalue weighted by atomic mass is 9.63. The number of carbonyl (C=O) groups excluding carboxylic acids is 3. The molecule has 9 heteroatoms. The predicted molar refractivity (Wildman–Crippen MR) is 136 cm³/mol. The van der Waals surface area contributed by atoms with Crippen molar-refractivity contribution in [2.75, 3.05) is 13.1 Å². The number of nitrogens with one attached hydrogen (secondary N) is 2. The molecule has 2 bridgehead atoms. The van der Waals surface area contributed by atoms with Gasteiger partial charge in [-0.2, -0.15) is 0 Å². The minimum atomic E-state index is -2.35. The number of ether oxygens (including phenoxy) is 1. The molecule has 0 radical (unpaired) electrons. The number of hydrogen-bond acceptors (Lipinski definition) is 5. The summed E-state index contributed by atoms with van der Waals surface area (Å²) in [5, 5.41) is 5.60. The zero-order valence-electron chi connectivity index (χ0n) is 21.8. The van der Waals surface area contributed by atoms with Gasteiger partial charge in [-0.05, 0) is 100 Å². The summed E-state index contributed by atoms with van der Waals surface area (Å²) < 4.78 is 31.6. The quantitative estimate of drug-likeness (QED) is 0.572. The molecule has 7 aliphatic rings. The van der Waals surface area contributed by atoms with Gasteiger partial charge in [-0.1, -0.05) is 6.42 Å². The summed E-state index contributed by atoms with van der Waals surface area (Å²) >= 11 is 0. The molecular weight excluding hydrogens is 492 g/mol. The lowest BCUT2D eigenvalue weighted by molar-refractivity contribution is -0.160. The standard InChI is InChI=1S/C20H22N2O4.C9H15F2N/c23-17-13-9-20(10-13,19(25)21-17)22-11-12-8-15(6-7-16(12)18(22)24)26-14-4-2-1-3-5-14;10-9(11)3-1-7(2-4-9)8-5-12-6-8/h6-8,13-14H,1-5,9-11H2,(H,21,23,25);7-8,12H,1-6H2. The molecule has 0 spiro atoms. The Morgan fingerprint density at radius 2 is 1.63 bits per heavy atom. The average molecular weight is 530 g/mol.